The maximum Gasteiger partial charge on any atom is 0.232 e. The summed E-state index contributed by atoms with van der Waals surface area (Å²) >= 11 is 3.49. The molecule has 2 atom stereocenters. The second kappa shape index (κ2) is 5.84. The third kappa shape index (κ3) is 3.04. The molecule has 0 aliphatic heterocycles. The first kappa shape index (κ1) is 14.2. The Morgan fingerprint density at radius 3 is 2.79 bits per heavy atom. The number of aliphatic hydroxyl groups is 1. The zero-order valence-electron chi connectivity index (χ0n) is 11.2. The van der Waals surface area contributed by atoms with Gasteiger partial charge in [0, 0.05) is 10.0 Å². The Morgan fingerprint density at radius 1 is 1.42 bits per heavy atom. The lowest BCUT2D eigenvalue weighted by Gasteiger charge is -2.11. The molecular weight excluding hydrogens is 308 g/mol. The molecule has 0 spiro atoms. The summed E-state index contributed by atoms with van der Waals surface area (Å²) in [5, 5.41) is 13.8. The van der Waals surface area contributed by atoms with Gasteiger partial charge in [0.15, 0.2) is 0 Å². The van der Waals surface area contributed by atoms with Crippen LogP contribution in [0.2, 0.25) is 0 Å². The minimum Gasteiger partial charge on any atom is -0.392 e. The van der Waals surface area contributed by atoms with Crippen molar-refractivity contribution in [2.24, 2.45) is 0 Å². The van der Waals surface area contributed by atoms with E-state index in [0.29, 0.717) is 18.1 Å². The van der Waals surface area contributed by atoms with Crippen molar-refractivity contribution in [1.29, 1.82) is 0 Å². The third-order valence-corrected chi connectivity index (χ3v) is 4.11. The Hall–Kier alpha value is -1.20. The molecule has 0 radical (unpaired) electrons. The molecular formula is C14H17BrN2O2. The van der Waals surface area contributed by atoms with Crippen LogP contribution < -0.4 is 0 Å². The largest absolute Gasteiger partial charge is 0.392 e. The van der Waals surface area contributed by atoms with Gasteiger partial charge in [-0.1, -0.05) is 47.1 Å². The number of aryl methyl sites for hydroxylation is 1. The number of halogens is 1. The van der Waals surface area contributed by atoms with Gasteiger partial charge < -0.3 is 9.63 Å². The van der Waals surface area contributed by atoms with Crippen molar-refractivity contribution in [3.63, 3.8) is 0 Å². The van der Waals surface area contributed by atoms with E-state index in [1.54, 1.807) is 0 Å². The molecule has 0 aliphatic carbocycles. The minimum atomic E-state index is -0.460. The third-order valence-electron chi connectivity index (χ3n) is 3.26. The van der Waals surface area contributed by atoms with Crippen molar-refractivity contribution in [1.82, 2.24) is 10.1 Å². The number of nitrogens with zero attached hydrogens (tertiary/aromatic N) is 2. The first-order valence-corrected chi connectivity index (χ1v) is 7.10. The van der Waals surface area contributed by atoms with Crippen LogP contribution in [0.5, 0.6) is 0 Å². The van der Waals surface area contributed by atoms with E-state index < -0.39 is 6.10 Å². The quantitative estimate of drug-likeness (QED) is 0.931. The maximum atomic E-state index is 9.80. The second-order valence-electron chi connectivity index (χ2n) is 4.68. The number of benzene rings is 1. The molecule has 0 amide bonds. The van der Waals surface area contributed by atoms with Crippen LogP contribution >= 0.6 is 15.9 Å². The van der Waals surface area contributed by atoms with E-state index in [1.807, 2.05) is 39.0 Å². The summed E-state index contributed by atoms with van der Waals surface area (Å²) in [6, 6.07) is 5.92. The van der Waals surface area contributed by atoms with Crippen molar-refractivity contribution in [2.75, 3.05) is 0 Å². The van der Waals surface area contributed by atoms with E-state index in [2.05, 4.69) is 26.1 Å². The fourth-order valence-electron chi connectivity index (χ4n) is 1.79. The molecule has 4 nitrogen and oxygen atoms in total. The van der Waals surface area contributed by atoms with E-state index >= 15 is 0 Å². The first-order chi connectivity index (χ1) is 9.02. The highest BCUT2D eigenvalue weighted by molar-refractivity contribution is 9.10. The molecule has 0 bridgehead atoms. The van der Waals surface area contributed by atoms with Gasteiger partial charge in [-0.3, -0.25) is 0 Å². The van der Waals surface area contributed by atoms with E-state index in [4.69, 9.17) is 4.52 Å². The van der Waals surface area contributed by atoms with Gasteiger partial charge in [0.25, 0.3) is 0 Å². The average molecular weight is 325 g/mol. The minimum absolute atomic E-state index is 0.153. The Bertz CT molecular complexity index is 568. The van der Waals surface area contributed by atoms with Gasteiger partial charge in [0.05, 0.1) is 12.0 Å². The zero-order chi connectivity index (χ0) is 14.0. The molecule has 0 fully saturated rings. The van der Waals surface area contributed by atoms with Gasteiger partial charge in [-0.05, 0) is 25.0 Å². The molecule has 0 saturated carbocycles. The van der Waals surface area contributed by atoms with E-state index in [-0.39, 0.29) is 5.92 Å². The van der Waals surface area contributed by atoms with Crippen LogP contribution in [0, 0.1) is 6.92 Å². The normalized spacial score (nSPS) is 14.4. The molecule has 102 valence electrons. The smallest absolute Gasteiger partial charge is 0.232 e. The van der Waals surface area contributed by atoms with Crippen molar-refractivity contribution in [3.8, 4) is 11.4 Å². The number of rotatable bonds is 4. The van der Waals surface area contributed by atoms with Crippen LogP contribution in [0.1, 0.15) is 37.6 Å². The monoisotopic (exact) mass is 324 g/mol. The fourth-order valence-corrected chi connectivity index (χ4v) is 2.17. The summed E-state index contributed by atoms with van der Waals surface area (Å²) in [7, 11) is 0. The fraction of sp³-hybridized carbons (Fsp3) is 0.429. The maximum absolute atomic E-state index is 9.80. The Balaban J connectivity index is 2.27. The van der Waals surface area contributed by atoms with Gasteiger partial charge in [-0.15, -0.1) is 0 Å². The van der Waals surface area contributed by atoms with Gasteiger partial charge in [0.2, 0.25) is 11.7 Å². The highest BCUT2D eigenvalue weighted by Crippen LogP contribution is 2.26. The van der Waals surface area contributed by atoms with Crippen molar-refractivity contribution in [3.05, 3.63) is 34.1 Å². The number of hydrogen-bond donors (Lipinski definition) is 1. The van der Waals surface area contributed by atoms with Crippen molar-refractivity contribution >= 4 is 15.9 Å². The summed E-state index contributed by atoms with van der Waals surface area (Å²) in [4.78, 5) is 4.36. The molecule has 1 aromatic carbocycles. The summed E-state index contributed by atoms with van der Waals surface area (Å²) in [6.45, 7) is 5.83. The molecule has 1 N–H and O–H groups in total. The lowest BCUT2D eigenvalue weighted by atomic mass is 10.0. The van der Waals surface area contributed by atoms with Gasteiger partial charge in [-0.2, -0.15) is 4.98 Å². The molecule has 19 heavy (non-hydrogen) atoms. The summed E-state index contributed by atoms with van der Waals surface area (Å²) in [5.74, 6) is 0.868. The topological polar surface area (TPSA) is 59.2 Å². The molecule has 0 saturated heterocycles. The Morgan fingerprint density at radius 2 is 2.16 bits per heavy atom. The molecule has 2 aromatic rings. The van der Waals surface area contributed by atoms with E-state index in [0.717, 1.165) is 15.6 Å². The number of aromatic nitrogens is 2. The molecule has 1 aromatic heterocycles. The van der Waals surface area contributed by atoms with E-state index in [1.165, 1.54) is 0 Å². The molecule has 0 aliphatic rings. The van der Waals surface area contributed by atoms with Gasteiger partial charge in [0.1, 0.15) is 0 Å². The van der Waals surface area contributed by atoms with Crippen molar-refractivity contribution in [2.45, 2.75) is 39.2 Å². The number of hydrogen-bond acceptors (Lipinski definition) is 4. The predicted octanol–water partition coefficient (Wildman–Crippen LogP) is 3.68. The van der Waals surface area contributed by atoms with Crippen LogP contribution in [0.3, 0.4) is 0 Å². The highest BCUT2D eigenvalue weighted by atomic mass is 79.9. The lowest BCUT2D eigenvalue weighted by molar-refractivity contribution is 0.129. The molecule has 2 unspecified atom stereocenters. The molecule has 5 heteroatoms. The van der Waals surface area contributed by atoms with Gasteiger partial charge >= 0.3 is 0 Å². The standard InChI is InChI=1S/C14H17BrN2O2/c1-4-12(18)9(3)14-16-13(17-19-14)10-6-5-8(2)11(15)7-10/h5-7,9,12,18H,4H2,1-3H3. The lowest BCUT2D eigenvalue weighted by Crippen LogP contribution is -2.14. The summed E-state index contributed by atoms with van der Waals surface area (Å²) in [5.41, 5.74) is 2.05. The Labute approximate surface area is 121 Å². The highest BCUT2D eigenvalue weighted by Gasteiger charge is 2.21. The van der Waals surface area contributed by atoms with Gasteiger partial charge in [-0.25, -0.2) is 0 Å². The van der Waals surface area contributed by atoms with Crippen LogP contribution in [0.15, 0.2) is 27.2 Å². The summed E-state index contributed by atoms with van der Waals surface area (Å²) < 4.78 is 6.25. The summed E-state index contributed by atoms with van der Waals surface area (Å²) in [6.07, 6.45) is 0.202. The molecule has 1 heterocycles. The SMILES string of the molecule is CCC(O)C(C)c1nc(-c2ccc(C)c(Br)c2)no1. The van der Waals surface area contributed by atoms with Crippen LogP contribution in [-0.2, 0) is 0 Å². The Kier molecular flexibility index (Phi) is 4.37. The van der Waals surface area contributed by atoms with Crippen LogP contribution in [0.4, 0.5) is 0 Å². The average Bonchev–Trinajstić information content (AvgIpc) is 2.89. The van der Waals surface area contributed by atoms with Crippen LogP contribution in [0.25, 0.3) is 11.4 Å². The molecule has 2 rings (SSSR count). The first-order valence-electron chi connectivity index (χ1n) is 6.31. The van der Waals surface area contributed by atoms with E-state index in [9.17, 15) is 5.11 Å². The second-order valence-corrected chi connectivity index (χ2v) is 5.54. The van der Waals surface area contributed by atoms with Crippen LogP contribution in [-0.4, -0.2) is 21.4 Å². The number of aliphatic hydroxyl groups excluding tert-OH is 1. The zero-order valence-corrected chi connectivity index (χ0v) is 12.8. The van der Waals surface area contributed by atoms with Crippen molar-refractivity contribution < 1.29 is 9.63 Å². The predicted molar refractivity (Wildman–Crippen MR) is 76.9 cm³/mol.